The Kier molecular flexibility index (Phi) is 1.61. The fourth-order valence-corrected chi connectivity index (χ4v) is 2.11. The molecule has 0 aromatic carbocycles. The van der Waals surface area contributed by atoms with E-state index >= 15 is 0 Å². The van der Waals surface area contributed by atoms with Gasteiger partial charge in [0.1, 0.15) is 6.26 Å². The van der Waals surface area contributed by atoms with Crippen molar-refractivity contribution in [1.82, 2.24) is 15.4 Å². The molecule has 2 fully saturated rings. The maximum Gasteiger partial charge on any atom is 0.258 e. The molecule has 1 N–H and O–H groups in total. The zero-order chi connectivity index (χ0) is 9.54. The van der Waals surface area contributed by atoms with E-state index in [9.17, 15) is 4.79 Å². The molecule has 2 saturated heterocycles. The molecule has 1 aromatic rings. The van der Waals surface area contributed by atoms with Crippen molar-refractivity contribution in [2.75, 3.05) is 19.6 Å². The Morgan fingerprint density at radius 2 is 2.57 bits per heavy atom. The summed E-state index contributed by atoms with van der Waals surface area (Å²) in [5.74, 6) is 0.682. The largest absolute Gasteiger partial charge is 0.364 e. The number of rotatable bonds is 1. The van der Waals surface area contributed by atoms with Gasteiger partial charge in [0.2, 0.25) is 0 Å². The summed E-state index contributed by atoms with van der Waals surface area (Å²) < 4.78 is 4.65. The van der Waals surface area contributed by atoms with Gasteiger partial charge in [0.25, 0.3) is 5.91 Å². The summed E-state index contributed by atoms with van der Waals surface area (Å²) in [5, 5.41) is 6.83. The first-order valence-electron chi connectivity index (χ1n) is 4.76. The summed E-state index contributed by atoms with van der Waals surface area (Å²) in [5.41, 5.74) is 0.548. The summed E-state index contributed by atoms with van der Waals surface area (Å²) in [6, 6.07) is 0.513. The van der Waals surface area contributed by atoms with Gasteiger partial charge in [0, 0.05) is 31.6 Å². The second-order valence-electron chi connectivity index (χ2n) is 3.90. The molecule has 2 aliphatic rings. The summed E-state index contributed by atoms with van der Waals surface area (Å²) in [7, 11) is 0. The van der Waals surface area contributed by atoms with E-state index in [1.807, 2.05) is 4.90 Å². The van der Waals surface area contributed by atoms with Crippen LogP contribution < -0.4 is 5.32 Å². The Morgan fingerprint density at radius 3 is 3.07 bits per heavy atom. The van der Waals surface area contributed by atoms with E-state index in [-0.39, 0.29) is 5.91 Å². The lowest BCUT2D eigenvalue weighted by Crippen LogP contribution is -2.51. The topological polar surface area (TPSA) is 58.4 Å². The highest BCUT2D eigenvalue weighted by molar-refractivity contribution is 5.93. The van der Waals surface area contributed by atoms with Gasteiger partial charge >= 0.3 is 0 Å². The molecule has 0 radical (unpaired) electrons. The van der Waals surface area contributed by atoms with Crippen LogP contribution in [0.25, 0.3) is 0 Å². The molecule has 3 rings (SSSR count). The minimum Gasteiger partial charge on any atom is -0.364 e. The normalized spacial score (nSPS) is 29.9. The fourth-order valence-electron chi connectivity index (χ4n) is 2.11. The van der Waals surface area contributed by atoms with Crippen molar-refractivity contribution in [1.29, 1.82) is 0 Å². The van der Waals surface area contributed by atoms with Crippen LogP contribution in [-0.2, 0) is 0 Å². The van der Waals surface area contributed by atoms with Gasteiger partial charge in [-0.1, -0.05) is 5.16 Å². The Morgan fingerprint density at radius 1 is 1.64 bits per heavy atom. The van der Waals surface area contributed by atoms with Gasteiger partial charge in [-0.3, -0.25) is 4.79 Å². The van der Waals surface area contributed by atoms with Gasteiger partial charge in [-0.2, -0.15) is 0 Å². The third-order valence-corrected chi connectivity index (χ3v) is 3.05. The summed E-state index contributed by atoms with van der Waals surface area (Å²) in [4.78, 5) is 13.7. The number of hydrogen-bond acceptors (Lipinski definition) is 4. The number of fused-ring (bicyclic) bond motifs is 1. The fraction of sp³-hybridized carbons (Fsp3) is 0.556. The zero-order valence-corrected chi connectivity index (χ0v) is 7.64. The number of carbonyl (C=O) groups excluding carboxylic acids is 1. The predicted octanol–water partition coefficient (Wildman–Crippen LogP) is -0.282. The number of aromatic nitrogens is 1. The van der Waals surface area contributed by atoms with Gasteiger partial charge in [-0.25, -0.2) is 0 Å². The van der Waals surface area contributed by atoms with E-state index in [1.165, 1.54) is 12.5 Å². The van der Waals surface area contributed by atoms with Crippen LogP contribution in [-0.4, -0.2) is 41.6 Å². The van der Waals surface area contributed by atoms with Crippen LogP contribution in [0.5, 0.6) is 0 Å². The van der Waals surface area contributed by atoms with E-state index in [1.54, 1.807) is 0 Å². The lowest BCUT2D eigenvalue weighted by atomic mass is 9.96. The Hall–Kier alpha value is -1.36. The second-order valence-corrected chi connectivity index (χ2v) is 3.90. The van der Waals surface area contributed by atoms with E-state index in [4.69, 9.17) is 0 Å². The van der Waals surface area contributed by atoms with Crippen molar-refractivity contribution in [3.63, 3.8) is 0 Å². The molecule has 74 valence electrons. The van der Waals surface area contributed by atoms with Crippen LogP contribution in [0.1, 0.15) is 10.4 Å². The SMILES string of the molecule is O=C(c1cnoc1)N1CC2CNC2C1. The Labute approximate surface area is 81.0 Å². The first-order chi connectivity index (χ1) is 6.84. The molecule has 1 amide bonds. The number of amides is 1. The monoisotopic (exact) mass is 193 g/mol. The Balaban J connectivity index is 1.74. The highest BCUT2D eigenvalue weighted by atomic mass is 16.5. The summed E-state index contributed by atoms with van der Waals surface area (Å²) in [6.07, 6.45) is 2.87. The minimum atomic E-state index is 0.0300. The van der Waals surface area contributed by atoms with Crippen LogP contribution >= 0.6 is 0 Å². The van der Waals surface area contributed by atoms with Crippen molar-refractivity contribution < 1.29 is 9.32 Å². The maximum absolute atomic E-state index is 11.8. The van der Waals surface area contributed by atoms with Crippen LogP contribution in [0.4, 0.5) is 0 Å². The summed E-state index contributed by atoms with van der Waals surface area (Å²) >= 11 is 0. The molecule has 0 saturated carbocycles. The smallest absolute Gasteiger partial charge is 0.258 e. The van der Waals surface area contributed by atoms with Crippen LogP contribution in [0.2, 0.25) is 0 Å². The standard InChI is InChI=1S/C9H11N3O2/c13-9(7-2-11-14-5-7)12-3-6-1-10-8(6)4-12/h2,5-6,8,10H,1,3-4H2. The lowest BCUT2D eigenvalue weighted by molar-refractivity contribution is 0.0788. The summed E-state index contributed by atoms with van der Waals surface area (Å²) in [6.45, 7) is 2.72. The number of hydrogen-bond donors (Lipinski definition) is 1. The molecule has 2 aliphatic heterocycles. The molecule has 0 spiro atoms. The molecule has 0 bridgehead atoms. The highest BCUT2D eigenvalue weighted by Gasteiger charge is 2.41. The zero-order valence-electron chi connectivity index (χ0n) is 7.64. The number of likely N-dealkylation sites (tertiary alicyclic amines) is 1. The molecular formula is C9H11N3O2. The van der Waals surface area contributed by atoms with Crippen LogP contribution in [0.3, 0.4) is 0 Å². The highest BCUT2D eigenvalue weighted by Crippen LogP contribution is 2.24. The van der Waals surface area contributed by atoms with Crippen LogP contribution in [0, 0.1) is 5.92 Å². The molecule has 2 atom stereocenters. The van der Waals surface area contributed by atoms with Gasteiger partial charge in [-0.05, 0) is 0 Å². The third kappa shape index (κ3) is 1.05. The lowest BCUT2D eigenvalue weighted by Gasteiger charge is -2.29. The van der Waals surface area contributed by atoms with Gasteiger partial charge in [-0.15, -0.1) is 0 Å². The molecule has 3 heterocycles. The quantitative estimate of drug-likeness (QED) is 0.666. The molecule has 5 heteroatoms. The minimum absolute atomic E-state index is 0.0300. The average molecular weight is 193 g/mol. The van der Waals surface area contributed by atoms with E-state index < -0.39 is 0 Å². The first-order valence-corrected chi connectivity index (χ1v) is 4.76. The molecular weight excluding hydrogens is 182 g/mol. The molecule has 14 heavy (non-hydrogen) atoms. The van der Waals surface area contributed by atoms with Crippen molar-refractivity contribution in [3.8, 4) is 0 Å². The molecule has 1 aromatic heterocycles. The average Bonchev–Trinajstić information content (AvgIpc) is 2.75. The van der Waals surface area contributed by atoms with Gasteiger partial charge in [0.05, 0.1) is 11.8 Å². The van der Waals surface area contributed by atoms with Gasteiger partial charge < -0.3 is 14.7 Å². The van der Waals surface area contributed by atoms with Crippen molar-refractivity contribution >= 4 is 5.91 Å². The molecule has 5 nitrogen and oxygen atoms in total. The van der Waals surface area contributed by atoms with Crippen molar-refractivity contribution in [2.45, 2.75) is 6.04 Å². The van der Waals surface area contributed by atoms with E-state index in [0.717, 1.165) is 19.6 Å². The number of nitrogens with zero attached hydrogens (tertiary/aromatic N) is 2. The number of nitrogens with one attached hydrogen (secondary N) is 1. The number of carbonyl (C=O) groups is 1. The maximum atomic E-state index is 11.8. The van der Waals surface area contributed by atoms with E-state index in [0.29, 0.717) is 17.5 Å². The van der Waals surface area contributed by atoms with Gasteiger partial charge in [0.15, 0.2) is 0 Å². The predicted molar refractivity (Wildman–Crippen MR) is 47.7 cm³/mol. The molecule has 0 aliphatic carbocycles. The van der Waals surface area contributed by atoms with Crippen LogP contribution in [0.15, 0.2) is 17.0 Å². The van der Waals surface area contributed by atoms with E-state index in [2.05, 4.69) is 15.0 Å². The Bertz CT molecular complexity index is 337. The van der Waals surface area contributed by atoms with Crippen molar-refractivity contribution in [3.05, 3.63) is 18.0 Å². The second kappa shape index (κ2) is 2.81. The first kappa shape index (κ1) is 7.99. The molecule has 2 unspecified atom stereocenters. The van der Waals surface area contributed by atoms with Crippen molar-refractivity contribution in [2.24, 2.45) is 5.92 Å². The third-order valence-electron chi connectivity index (χ3n) is 3.05.